The number of hydrogen-bond acceptors (Lipinski definition) is 2. The van der Waals surface area contributed by atoms with Gasteiger partial charge in [-0.1, -0.05) is 32.1 Å². The molecule has 0 heterocycles. The van der Waals surface area contributed by atoms with Crippen molar-refractivity contribution in [1.29, 1.82) is 0 Å². The average molecular weight is 212 g/mol. The van der Waals surface area contributed by atoms with Crippen LogP contribution in [0, 0.1) is 5.92 Å². The Bertz CT molecular complexity index is 151. The lowest BCUT2D eigenvalue weighted by Crippen LogP contribution is -2.32. The Morgan fingerprint density at radius 1 is 1.20 bits per heavy atom. The summed E-state index contributed by atoms with van der Waals surface area (Å²) in [4.78, 5) is 2.28. The molecule has 1 fully saturated rings. The molecule has 0 aromatic rings. The molecule has 0 aromatic heterocycles. The van der Waals surface area contributed by atoms with Crippen molar-refractivity contribution in [3.05, 3.63) is 0 Å². The highest BCUT2D eigenvalue weighted by atomic mass is 15.1. The molecule has 1 atom stereocenters. The van der Waals surface area contributed by atoms with Crippen molar-refractivity contribution in [2.24, 2.45) is 5.92 Å². The van der Waals surface area contributed by atoms with Gasteiger partial charge < -0.3 is 10.2 Å². The summed E-state index contributed by atoms with van der Waals surface area (Å²) in [5.74, 6) is 0.998. The van der Waals surface area contributed by atoms with Crippen LogP contribution in [0.1, 0.15) is 44.9 Å². The molecule has 1 aliphatic carbocycles. The van der Waals surface area contributed by atoms with E-state index in [4.69, 9.17) is 0 Å². The first-order valence-electron chi connectivity index (χ1n) is 6.54. The molecule has 0 aliphatic heterocycles. The van der Waals surface area contributed by atoms with Crippen LogP contribution in [0.25, 0.3) is 0 Å². The van der Waals surface area contributed by atoms with Crippen molar-refractivity contribution < 1.29 is 0 Å². The van der Waals surface area contributed by atoms with Gasteiger partial charge in [0, 0.05) is 6.04 Å². The van der Waals surface area contributed by atoms with Crippen LogP contribution in [0.5, 0.6) is 0 Å². The van der Waals surface area contributed by atoms with Crippen molar-refractivity contribution in [3.8, 4) is 0 Å². The highest BCUT2D eigenvalue weighted by Gasteiger charge is 2.17. The SMILES string of the molecule is CNC(CCN(C)C)CC1CCCCC1. The van der Waals surface area contributed by atoms with Crippen LogP contribution >= 0.6 is 0 Å². The molecule has 1 aliphatic rings. The standard InChI is InChI=1S/C13H28N2/c1-14-13(9-10-15(2)3)11-12-7-5-4-6-8-12/h12-14H,4-11H2,1-3H3. The number of hydrogen-bond donors (Lipinski definition) is 1. The maximum absolute atomic E-state index is 3.48. The first kappa shape index (κ1) is 13.0. The Hall–Kier alpha value is -0.0800. The molecule has 1 rings (SSSR count). The molecule has 0 bridgehead atoms. The van der Waals surface area contributed by atoms with Gasteiger partial charge in [-0.2, -0.15) is 0 Å². The van der Waals surface area contributed by atoms with Crippen LogP contribution < -0.4 is 5.32 Å². The Balaban J connectivity index is 2.19. The highest BCUT2D eigenvalue weighted by molar-refractivity contribution is 4.74. The zero-order valence-corrected chi connectivity index (χ0v) is 10.8. The molecular formula is C13H28N2. The predicted octanol–water partition coefficient (Wildman–Crippen LogP) is 2.50. The molecule has 15 heavy (non-hydrogen) atoms. The van der Waals surface area contributed by atoms with Gasteiger partial charge in [-0.25, -0.2) is 0 Å². The summed E-state index contributed by atoms with van der Waals surface area (Å²) >= 11 is 0. The van der Waals surface area contributed by atoms with E-state index in [0.717, 1.165) is 12.0 Å². The molecule has 0 aromatic carbocycles. The first-order valence-corrected chi connectivity index (χ1v) is 6.54. The third-order valence-electron chi connectivity index (χ3n) is 3.68. The molecular weight excluding hydrogens is 184 g/mol. The van der Waals surface area contributed by atoms with E-state index in [9.17, 15) is 0 Å². The van der Waals surface area contributed by atoms with Gasteiger partial charge in [0.05, 0.1) is 0 Å². The van der Waals surface area contributed by atoms with Crippen molar-refractivity contribution >= 4 is 0 Å². The van der Waals surface area contributed by atoms with Gasteiger partial charge in [0.1, 0.15) is 0 Å². The zero-order valence-electron chi connectivity index (χ0n) is 10.8. The van der Waals surface area contributed by atoms with E-state index in [1.165, 1.54) is 51.5 Å². The van der Waals surface area contributed by atoms with Crippen molar-refractivity contribution in [2.75, 3.05) is 27.7 Å². The third-order valence-corrected chi connectivity index (χ3v) is 3.68. The first-order chi connectivity index (χ1) is 7.22. The fourth-order valence-corrected chi connectivity index (χ4v) is 2.62. The summed E-state index contributed by atoms with van der Waals surface area (Å²) in [7, 11) is 6.43. The Morgan fingerprint density at radius 3 is 2.40 bits per heavy atom. The molecule has 0 radical (unpaired) electrons. The van der Waals surface area contributed by atoms with Crippen LogP contribution in [0.3, 0.4) is 0 Å². The second kappa shape index (κ2) is 7.24. The van der Waals surface area contributed by atoms with Crippen molar-refractivity contribution in [2.45, 2.75) is 51.0 Å². The summed E-state index contributed by atoms with van der Waals surface area (Å²) in [5, 5.41) is 3.48. The van der Waals surface area contributed by atoms with Gasteiger partial charge in [-0.3, -0.25) is 0 Å². The van der Waals surface area contributed by atoms with Crippen molar-refractivity contribution in [3.63, 3.8) is 0 Å². The quantitative estimate of drug-likeness (QED) is 0.728. The van der Waals surface area contributed by atoms with Crippen LogP contribution in [-0.2, 0) is 0 Å². The van der Waals surface area contributed by atoms with E-state index >= 15 is 0 Å². The zero-order chi connectivity index (χ0) is 11.1. The Labute approximate surface area is 95.4 Å². The lowest BCUT2D eigenvalue weighted by Gasteiger charge is -2.27. The second-order valence-electron chi connectivity index (χ2n) is 5.32. The fourth-order valence-electron chi connectivity index (χ4n) is 2.62. The fraction of sp³-hybridized carbons (Fsp3) is 1.00. The number of nitrogens with one attached hydrogen (secondary N) is 1. The molecule has 0 saturated heterocycles. The lowest BCUT2D eigenvalue weighted by atomic mass is 9.84. The van der Waals surface area contributed by atoms with E-state index in [0.29, 0.717) is 0 Å². The molecule has 1 N–H and O–H groups in total. The summed E-state index contributed by atoms with van der Waals surface area (Å²) < 4.78 is 0. The molecule has 0 spiro atoms. The van der Waals surface area contributed by atoms with Gasteiger partial charge in [-0.05, 0) is 46.4 Å². The second-order valence-corrected chi connectivity index (χ2v) is 5.32. The Kier molecular flexibility index (Phi) is 6.26. The number of nitrogens with zero attached hydrogens (tertiary/aromatic N) is 1. The molecule has 2 heteroatoms. The minimum absolute atomic E-state index is 0.732. The molecule has 90 valence electrons. The molecule has 1 unspecified atom stereocenters. The monoisotopic (exact) mass is 212 g/mol. The normalized spacial score (nSPS) is 20.8. The average Bonchev–Trinajstić information content (AvgIpc) is 2.25. The number of rotatable bonds is 6. The van der Waals surface area contributed by atoms with E-state index in [1.807, 2.05) is 0 Å². The summed E-state index contributed by atoms with van der Waals surface area (Å²) in [6.07, 6.45) is 10.0. The van der Waals surface area contributed by atoms with Gasteiger partial charge in [-0.15, -0.1) is 0 Å². The van der Waals surface area contributed by atoms with Crippen LogP contribution in [0.2, 0.25) is 0 Å². The molecule has 0 amide bonds. The van der Waals surface area contributed by atoms with E-state index < -0.39 is 0 Å². The summed E-state index contributed by atoms with van der Waals surface area (Å²) in [5.41, 5.74) is 0. The maximum atomic E-state index is 3.48. The van der Waals surface area contributed by atoms with Crippen LogP contribution in [0.15, 0.2) is 0 Å². The highest BCUT2D eigenvalue weighted by Crippen LogP contribution is 2.27. The van der Waals surface area contributed by atoms with E-state index in [1.54, 1.807) is 0 Å². The minimum Gasteiger partial charge on any atom is -0.317 e. The van der Waals surface area contributed by atoms with E-state index in [2.05, 4.69) is 31.4 Å². The lowest BCUT2D eigenvalue weighted by molar-refractivity contribution is 0.280. The molecule has 1 saturated carbocycles. The van der Waals surface area contributed by atoms with Crippen molar-refractivity contribution in [1.82, 2.24) is 10.2 Å². The van der Waals surface area contributed by atoms with Gasteiger partial charge in [0.2, 0.25) is 0 Å². The Morgan fingerprint density at radius 2 is 1.87 bits per heavy atom. The van der Waals surface area contributed by atoms with E-state index in [-0.39, 0.29) is 0 Å². The summed E-state index contributed by atoms with van der Waals surface area (Å²) in [6, 6.07) is 0.732. The summed E-state index contributed by atoms with van der Waals surface area (Å²) in [6.45, 7) is 1.21. The third kappa shape index (κ3) is 5.53. The topological polar surface area (TPSA) is 15.3 Å². The smallest absolute Gasteiger partial charge is 0.00788 e. The van der Waals surface area contributed by atoms with Crippen LogP contribution in [0.4, 0.5) is 0 Å². The maximum Gasteiger partial charge on any atom is 0.00788 e. The van der Waals surface area contributed by atoms with Gasteiger partial charge in [0.25, 0.3) is 0 Å². The predicted molar refractivity (Wildman–Crippen MR) is 67.2 cm³/mol. The van der Waals surface area contributed by atoms with Gasteiger partial charge >= 0.3 is 0 Å². The largest absolute Gasteiger partial charge is 0.317 e. The van der Waals surface area contributed by atoms with Crippen LogP contribution in [-0.4, -0.2) is 38.6 Å². The van der Waals surface area contributed by atoms with Gasteiger partial charge in [0.15, 0.2) is 0 Å². The molecule has 2 nitrogen and oxygen atoms in total. The minimum atomic E-state index is 0.732.